The van der Waals surface area contributed by atoms with Gasteiger partial charge in [-0.15, -0.1) is 0 Å². The van der Waals surface area contributed by atoms with Crippen LogP contribution in [0.5, 0.6) is 0 Å². The molecule has 0 unspecified atom stereocenters. The summed E-state index contributed by atoms with van der Waals surface area (Å²) in [6, 6.07) is 13.0. The summed E-state index contributed by atoms with van der Waals surface area (Å²) in [5.41, 5.74) is 9.08. The summed E-state index contributed by atoms with van der Waals surface area (Å²) >= 11 is 6.35. The Morgan fingerprint density at radius 2 is 1.92 bits per heavy atom. The van der Waals surface area contributed by atoms with Crippen LogP contribution in [0.15, 0.2) is 42.5 Å². The third-order valence-electron chi connectivity index (χ3n) is 8.11. The number of benzene rings is 2. The fraction of sp³-hybridized carbons (Fsp3) is 0.345. The van der Waals surface area contributed by atoms with Crippen molar-refractivity contribution < 1.29 is 14.7 Å². The molecule has 0 spiro atoms. The molecule has 2 aromatic heterocycles. The zero-order chi connectivity index (χ0) is 27.3. The van der Waals surface area contributed by atoms with Crippen LogP contribution in [0.25, 0.3) is 22.4 Å². The highest BCUT2D eigenvalue weighted by Crippen LogP contribution is 2.45. The van der Waals surface area contributed by atoms with Crippen LogP contribution in [0, 0.1) is 5.92 Å². The molecule has 4 N–H and O–H groups in total. The highest BCUT2D eigenvalue weighted by Gasteiger charge is 2.47. The zero-order valence-corrected chi connectivity index (χ0v) is 22.3. The molecule has 0 saturated heterocycles. The second-order valence-electron chi connectivity index (χ2n) is 10.7. The summed E-state index contributed by atoms with van der Waals surface area (Å²) in [5, 5.41) is 18.3. The standard InChI is InChI=1S/C29H29ClN6O3/c1-29(18-9-6-16(7-10-18)8-13-22(37)38)23-25(31)32-27(33-26(23)34-28(29)39)24-20-12-11-19(30)14-21(20)36(35-24)15-17-4-2-3-5-17/h6-7,9-12,14,17H,2-5,8,13,15H2,1H3,(H,37,38)(H3,31,32,33,34,39)/t29-/m0/s1. The number of nitrogens with two attached hydrogens (primary N) is 1. The van der Waals surface area contributed by atoms with Gasteiger partial charge < -0.3 is 16.2 Å². The number of hydrogen-bond acceptors (Lipinski definition) is 6. The highest BCUT2D eigenvalue weighted by molar-refractivity contribution is 6.31. The molecule has 10 heteroatoms. The summed E-state index contributed by atoms with van der Waals surface area (Å²) in [6.45, 7) is 2.60. The Kier molecular flexibility index (Phi) is 6.26. The second kappa shape index (κ2) is 9.64. The molecule has 2 aromatic carbocycles. The lowest BCUT2D eigenvalue weighted by Crippen LogP contribution is -2.33. The van der Waals surface area contributed by atoms with E-state index in [1.54, 1.807) is 6.92 Å². The van der Waals surface area contributed by atoms with Crippen LogP contribution in [0.2, 0.25) is 5.02 Å². The summed E-state index contributed by atoms with van der Waals surface area (Å²) in [6.07, 6.45) is 5.31. The van der Waals surface area contributed by atoms with E-state index in [2.05, 4.69) is 10.3 Å². The number of aryl methyl sites for hydroxylation is 1. The first-order valence-corrected chi connectivity index (χ1v) is 13.6. The van der Waals surface area contributed by atoms with E-state index >= 15 is 0 Å². The summed E-state index contributed by atoms with van der Waals surface area (Å²) in [5.74, 6) is 0.386. The number of aliphatic carboxylic acids is 1. The van der Waals surface area contributed by atoms with Crippen molar-refractivity contribution in [3.8, 4) is 11.5 Å². The molecule has 1 fully saturated rings. The van der Waals surface area contributed by atoms with Crippen LogP contribution in [0.4, 0.5) is 11.6 Å². The Bertz CT molecular complexity index is 1610. The second-order valence-corrected chi connectivity index (χ2v) is 11.1. The highest BCUT2D eigenvalue weighted by atomic mass is 35.5. The summed E-state index contributed by atoms with van der Waals surface area (Å²) in [7, 11) is 0. The molecular weight excluding hydrogens is 516 g/mol. The quantitative estimate of drug-likeness (QED) is 0.291. The van der Waals surface area contributed by atoms with Crippen molar-refractivity contribution in [1.29, 1.82) is 0 Å². The molecule has 0 radical (unpaired) electrons. The number of nitrogens with one attached hydrogen (secondary N) is 1. The van der Waals surface area contributed by atoms with Crippen molar-refractivity contribution in [3.63, 3.8) is 0 Å². The van der Waals surface area contributed by atoms with Gasteiger partial charge in [0, 0.05) is 23.4 Å². The van der Waals surface area contributed by atoms with Gasteiger partial charge in [-0.05, 0) is 61.4 Å². The summed E-state index contributed by atoms with van der Waals surface area (Å²) in [4.78, 5) is 33.7. The molecule has 9 nitrogen and oxygen atoms in total. The van der Waals surface area contributed by atoms with Gasteiger partial charge in [0.15, 0.2) is 5.82 Å². The van der Waals surface area contributed by atoms with E-state index in [1.807, 2.05) is 47.1 Å². The van der Waals surface area contributed by atoms with E-state index in [0.717, 1.165) is 28.6 Å². The van der Waals surface area contributed by atoms with Crippen molar-refractivity contribution in [1.82, 2.24) is 19.7 Å². The van der Waals surface area contributed by atoms with Crippen LogP contribution in [0.3, 0.4) is 0 Å². The predicted octanol–water partition coefficient (Wildman–Crippen LogP) is 5.19. The smallest absolute Gasteiger partial charge is 0.303 e. The van der Waals surface area contributed by atoms with Gasteiger partial charge in [0.25, 0.3) is 0 Å². The lowest BCUT2D eigenvalue weighted by molar-refractivity contribution is -0.137. The molecule has 1 atom stereocenters. The Labute approximate surface area is 230 Å². The molecule has 6 rings (SSSR count). The Morgan fingerprint density at radius 1 is 1.18 bits per heavy atom. The number of nitrogens with zero attached hydrogens (tertiary/aromatic N) is 4. The monoisotopic (exact) mass is 544 g/mol. The topological polar surface area (TPSA) is 136 Å². The lowest BCUT2D eigenvalue weighted by Gasteiger charge is -2.23. The lowest BCUT2D eigenvalue weighted by atomic mass is 9.77. The van der Waals surface area contributed by atoms with Crippen LogP contribution >= 0.6 is 11.6 Å². The van der Waals surface area contributed by atoms with E-state index in [0.29, 0.717) is 40.3 Å². The number of nitrogen functional groups attached to an aromatic ring is 1. The van der Waals surface area contributed by atoms with Gasteiger partial charge in [-0.25, -0.2) is 9.97 Å². The maximum absolute atomic E-state index is 13.4. The molecule has 2 aliphatic rings. The molecule has 3 heterocycles. The van der Waals surface area contributed by atoms with Gasteiger partial charge >= 0.3 is 5.97 Å². The van der Waals surface area contributed by atoms with E-state index in [-0.39, 0.29) is 18.1 Å². The first-order chi connectivity index (χ1) is 18.7. The fourth-order valence-electron chi connectivity index (χ4n) is 5.93. The average molecular weight is 545 g/mol. The predicted molar refractivity (Wildman–Crippen MR) is 150 cm³/mol. The molecule has 1 aliphatic carbocycles. The first-order valence-electron chi connectivity index (χ1n) is 13.2. The number of rotatable bonds is 7. The largest absolute Gasteiger partial charge is 0.481 e. The van der Waals surface area contributed by atoms with Gasteiger partial charge in [0.2, 0.25) is 5.91 Å². The van der Waals surface area contributed by atoms with Gasteiger partial charge in [0.05, 0.1) is 11.1 Å². The van der Waals surface area contributed by atoms with Crippen LogP contribution in [-0.2, 0) is 28.0 Å². The number of aromatic nitrogens is 4. The number of carbonyl (C=O) groups excluding carboxylic acids is 1. The van der Waals surface area contributed by atoms with E-state index < -0.39 is 11.4 Å². The third-order valence-corrected chi connectivity index (χ3v) is 8.35. The number of carboxylic acid groups (broad SMARTS) is 1. The van der Waals surface area contributed by atoms with Gasteiger partial charge in [0.1, 0.15) is 22.7 Å². The number of hydrogen-bond donors (Lipinski definition) is 3. The van der Waals surface area contributed by atoms with Gasteiger partial charge in [-0.1, -0.05) is 48.7 Å². The number of halogens is 1. The molecule has 1 amide bonds. The molecule has 39 heavy (non-hydrogen) atoms. The molecule has 200 valence electrons. The van der Waals surface area contributed by atoms with Crippen molar-refractivity contribution in [3.05, 3.63) is 64.2 Å². The molecule has 4 aromatic rings. The van der Waals surface area contributed by atoms with Crippen molar-refractivity contribution in [2.24, 2.45) is 5.92 Å². The summed E-state index contributed by atoms with van der Waals surface area (Å²) < 4.78 is 1.99. The van der Waals surface area contributed by atoms with Crippen molar-refractivity contribution in [2.75, 3.05) is 11.1 Å². The number of carbonyl (C=O) groups is 2. The Balaban J connectivity index is 1.39. The molecule has 0 bridgehead atoms. The maximum Gasteiger partial charge on any atom is 0.303 e. The van der Waals surface area contributed by atoms with Crippen LogP contribution in [-0.4, -0.2) is 36.7 Å². The maximum atomic E-state index is 13.4. The Morgan fingerprint density at radius 3 is 2.64 bits per heavy atom. The molecule has 1 aliphatic heterocycles. The van der Waals surface area contributed by atoms with Gasteiger partial charge in [-0.3, -0.25) is 14.3 Å². The average Bonchev–Trinajstić information content (AvgIpc) is 3.61. The van der Waals surface area contributed by atoms with Crippen molar-refractivity contribution in [2.45, 2.75) is 57.4 Å². The van der Waals surface area contributed by atoms with Crippen LogP contribution in [0.1, 0.15) is 55.7 Å². The number of carboxylic acids is 1. The van der Waals surface area contributed by atoms with E-state index in [1.165, 1.54) is 25.7 Å². The van der Waals surface area contributed by atoms with Crippen molar-refractivity contribution >= 4 is 46.0 Å². The molecular formula is C29H29ClN6O3. The molecule has 1 saturated carbocycles. The number of fused-ring (bicyclic) bond motifs is 2. The first kappa shape index (κ1) is 25.3. The normalized spacial score (nSPS) is 19.0. The number of anilines is 2. The minimum absolute atomic E-state index is 0.0425. The minimum Gasteiger partial charge on any atom is -0.481 e. The third kappa shape index (κ3) is 4.40. The van der Waals surface area contributed by atoms with Crippen LogP contribution < -0.4 is 11.1 Å². The van der Waals surface area contributed by atoms with E-state index in [4.69, 9.17) is 32.5 Å². The van der Waals surface area contributed by atoms with Gasteiger partial charge in [-0.2, -0.15) is 5.10 Å². The Hall–Kier alpha value is -3.98. The van der Waals surface area contributed by atoms with E-state index in [9.17, 15) is 9.59 Å². The SMILES string of the molecule is C[C@@]1(c2ccc(CCC(=O)O)cc2)C(=O)Nc2nc(-c3nn(CC4CCCC4)c4cc(Cl)ccc34)nc(N)c21. The number of amides is 1. The fourth-order valence-corrected chi connectivity index (χ4v) is 6.10. The minimum atomic E-state index is -1.10. The zero-order valence-electron chi connectivity index (χ0n) is 21.6.